The molecule has 0 unspecified atom stereocenters. The van der Waals surface area contributed by atoms with E-state index in [1.165, 1.54) is 18.2 Å². The van der Waals surface area contributed by atoms with Crippen LogP contribution < -0.4 is 5.32 Å². The number of hydrogen-bond acceptors (Lipinski definition) is 1. The molecule has 0 bridgehead atoms. The van der Waals surface area contributed by atoms with Gasteiger partial charge in [-0.15, -0.1) is 0 Å². The molecule has 0 radical (unpaired) electrons. The Kier molecular flexibility index (Phi) is 4.83. The maximum Gasteiger partial charge on any atom is 0.272 e. The van der Waals surface area contributed by atoms with Crippen LogP contribution in [0.25, 0.3) is 0 Å². The Bertz CT molecular complexity index is 622. The first-order chi connectivity index (χ1) is 9.52. The zero-order valence-electron chi connectivity index (χ0n) is 10.8. The highest BCUT2D eigenvalue weighted by molar-refractivity contribution is 9.10. The lowest BCUT2D eigenvalue weighted by molar-refractivity contribution is 0.101. The van der Waals surface area contributed by atoms with Crippen LogP contribution in [0.15, 0.2) is 34.9 Å². The molecule has 3 nitrogen and oxygen atoms in total. The predicted octanol–water partition coefficient (Wildman–Crippen LogP) is 4.71. The second-order valence-corrected chi connectivity index (χ2v) is 5.61. The van der Waals surface area contributed by atoms with Crippen LogP contribution in [0.1, 0.15) is 23.8 Å². The first-order valence-electron chi connectivity index (χ1n) is 6.14. The lowest BCUT2D eigenvalue weighted by Gasteiger charge is -2.10. The lowest BCUT2D eigenvalue weighted by atomic mass is 10.3. The van der Waals surface area contributed by atoms with Crippen molar-refractivity contribution in [2.75, 3.05) is 5.32 Å². The Hall–Kier alpha value is -1.33. The molecule has 1 amide bonds. The van der Waals surface area contributed by atoms with E-state index >= 15 is 0 Å². The fourth-order valence-corrected chi connectivity index (χ4v) is 2.56. The zero-order valence-corrected chi connectivity index (χ0v) is 13.1. The minimum Gasteiger partial charge on any atom is -0.342 e. The van der Waals surface area contributed by atoms with E-state index in [2.05, 4.69) is 21.2 Å². The molecule has 1 N–H and O–H groups in total. The summed E-state index contributed by atoms with van der Waals surface area (Å²) in [5.41, 5.74) is 0.456. The van der Waals surface area contributed by atoms with Gasteiger partial charge in [0.15, 0.2) is 0 Å². The van der Waals surface area contributed by atoms with Crippen LogP contribution in [0.3, 0.4) is 0 Å². The summed E-state index contributed by atoms with van der Waals surface area (Å²) in [5, 5.41) is 2.69. The number of nitrogens with zero attached hydrogens (tertiary/aromatic N) is 1. The van der Waals surface area contributed by atoms with Gasteiger partial charge in [0.2, 0.25) is 0 Å². The van der Waals surface area contributed by atoms with Crippen LogP contribution in [0, 0.1) is 5.82 Å². The number of aryl methyl sites for hydroxylation is 1. The largest absolute Gasteiger partial charge is 0.342 e. The highest BCUT2D eigenvalue weighted by atomic mass is 79.9. The number of halogens is 3. The molecule has 0 saturated heterocycles. The summed E-state index contributed by atoms with van der Waals surface area (Å²) in [5.74, 6) is -0.949. The molecule has 6 heteroatoms. The highest BCUT2D eigenvalue weighted by Crippen LogP contribution is 2.25. The molecule has 20 heavy (non-hydrogen) atoms. The maximum atomic E-state index is 13.7. The van der Waals surface area contributed by atoms with Crippen molar-refractivity contribution < 1.29 is 9.18 Å². The van der Waals surface area contributed by atoms with Gasteiger partial charge in [0.05, 0.1) is 10.7 Å². The average Bonchev–Trinajstić information content (AvgIpc) is 2.75. The third kappa shape index (κ3) is 3.22. The zero-order chi connectivity index (χ0) is 14.7. The predicted molar refractivity (Wildman–Crippen MR) is 81.8 cm³/mol. The Labute approximate surface area is 129 Å². The van der Waals surface area contributed by atoms with Gasteiger partial charge in [-0.05, 0) is 40.5 Å². The molecule has 0 aliphatic rings. The van der Waals surface area contributed by atoms with E-state index < -0.39 is 11.7 Å². The van der Waals surface area contributed by atoms with E-state index in [4.69, 9.17) is 11.6 Å². The van der Waals surface area contributed by atoms with Gasteiger partial charge in [-0.25, -0.2) is 4.39 Å². The van der Waals surface area contributed by atoms with E-state index in [-0.39, 0.29) is 10.7 Å². The van der Waals surface area contributed by atoms with Gasteiger partial charge in [-0.3, -0.25) is 4.79 Å². The molecule has 0 aliphatic heterocycles. The van der Waals surface area contributed by atoms with E-state index in [9.17, 15) is 9.18 Å². The summed E-state index contributed by atoms with van der Waals surface area (Å²) in [6, 6.07) is 5.97. The first-order valence-corrected chi connectivity index (χ1v) is 7.31. The monoisotopic (exact) mass is 358 g/mol. The van der Waals surface area contributed by atoms with Crippen LogP contribution in [0.2, 0.25) is 5.02 Å². The van der Waals surface area contributed by atoms with E-state index in [1.807, 2.05) is 17.7 Å². The molecule has 0 atom stereocenters. The van der Waals surface area contributed by atoms with Crippen molar-refractivity contribution in [2.24, 2.45) is 0 Å². The van der Waals surface area contributed by atoms with Crippen LogP contribution >= 0.6 is 27.5 Å². The molecular weight excluding hydrogens is 347 g/mol. The third-order valence-corrected chi connectivity index (χ3v) is 3.51. The second kappa shape index (κ2) is 6.41. The smallest absolute Gasteiger partial charge is 0.272 e. The van der Waals surface area contributed by atoms with Crippen molar-refractivity contribution in [1.29, 1.82) is 0 Å². The van der Waals surface area contributed by atoms with Crippen LogP contribution in [0.4, 0.5) is 10.1 Å². The number of rotatable bonds is 4. The molecule has 0 aliphatic carbocycles. The highest BCUT2D eigenvalue weighted by Gasteiger charge is 2.16. The summed E-state index contributed by atoms with van der Waals surface area (Å²) >= 11 is 9.23. The van der Waals surface area contributed by atoms with Gasteiger partial charge in [-0.2, -0.15) is 0 Å². The summed E-state index contributed by atoms with van der Waals surface area (Å²) in [6.07, 6.45) is 2.71. The Balaban J connectivity index is 2.28. The van der Waals surface area contributed by atoms with Gasteiger partial charge in [0.1, 0.15) is 11.5 Å². The van der Waals surface area contributed by atoms with Gasteiger partial charge >= 0.3 is 0 Å². The summed E-state index contributed by atoms with van der Waals surface area (Å²) in [4.78, 5) is 12.2. The molecule has 0 spiro atoms. The van der Waals surface area contributed by atoms with Crippen molar-refractivity contribution in [1.82, 2.24) is 4.57 Å². The van der Waals surface area contributed by atoms with Crippen molar-refractivity contribution in [2.45, 2.75) is 19.9 Å². The molecule has 2 rings (SSSR count). The number of para-hydroxylation sites is 1. The fourth-order valence-electron chi connectivity index (χ4n) is 1.89. The van der Waals surface area contributed by atoms with Crippen molar-refractivity contribution in [3.8, 4) is 0 Å². The lowest BCUT2D eigenvalue weighted by Crippen LogP contribution is -2.17. The van der Waals surface area contributed by atoms with Gasteiger partial charge in [0, 0.05) is 17.2 Å². The van der Waals surface area contributed by atoms with Gasteiger partial charge in [-0.1, -0.05) is 24.6 Å². The molecule has 0 fully saturated rings. The molecule has 106 valence electrons. The van der Waals surface area contributed by atoms with Crippen LogP contribution in [-0.4, -0.2) is 10.5 Å². The van der Waals surface area contributed by atoms with Crippen LogP contribution in [-0.2, 0) is 6.54 Å². The normalized spacial score (nSPS) is 10.6. The topological polar surface area (TPSA) is 34.0 Å². The van der Waals surface area contributed by atoms with Crippen molar-refractivity contribution >= 4 is 39.1 Å². The first kappa shape index (κ1) is 15.1. The Morgan fingerprint density at radius 3 is 2.90 bits per heavy atom. The molecule has 1 aromatic carbocycles. The molecular formula is C14H13BrClFN2O. The minimum atomic E-state index is -0.557. The molecule has 2 aromatic rings. The molecule has 0 saturated carbocycles. The Morgan fingerprint density at radius 1 is 1.50 bits per heavy atom. The SMILES string of the molecule is CCCn1cc(Br)cc1C(=O)Nc1c(F)cccc1Cl. The molecule has 1 aromatic heterocycles. The fraction of sp³-hybridized carbons (Fsp3) is 0.214. The second-order valence-electron chi connectivity index (χ2n) is 4.29. The van der Waals surface area contributed by atoms with E-state index in [1.54, 1.807) is 6.07 Å². The third-order valence-electron chi connectivity index (χ3n) is 2.76. The maximum absolute atomic E-state index is 13.7. The van der Waals surface area contributed by atoms with Crippen molar-refractivity contribution in [3.05, 3.63) is 51.5 Å². The standard InChI is InChI=1S/C14H13BrClFN2O/c1-2-6-19-8-9(15)7-12(19)14(20)18-13-10(16)4-3-5-11(13)17/h3-5,7-8H,2,6H2,1H3,(H,18,20). The van der Waals surface area contributed by atoms with Crippen molar-refractivity contribution in [3.63, 3.8) is 0 Å². The number of aromatic nitrogens is 1. The summed E-state index contributed by atoms with van der Waals surface area (Å²) in [7, 11) is 0. The number of benzene rings is 1. The molecule has 1 heterocycles. The van der Waals surface area contributed by atoms with Gasteiger partial charge < -0.3 is 9.88 Å². The quantitative estimate of drug-likeness (QED) is 0.843. The number of nitrogens with one attached hydrogen (secondary N) is 1. The average molecular weight is 360 g/mol. The minimum absolute atomic E-state index is 0.000428. The number of anilines is 1. The van der Waals surface area contributed by atoms with Gasteiger partial charge in [0.25, 0.3) is 5.91 Å². The number of amides is 1. The Morgan fingerprint density at radius 2 is 2.25 bits per heavy atom. The van der Waals surface area contributed by atoms with E-state index in [0.29, 0.717) is 12.2 Å². The number of hydrogen-bond donors (Lipinski definition) is 1. The summed E-state index contributed by atoms with van der Waals surface area (Å²) < 4.78 is 16.3. The summed E-state index contributed by atoms with van der Waals surface area (Å²) in [6.45, 7) is 2.72. The van der Waals surface area contributed by atoms with Crippen LogP contribution in [0.5, 0.6) is 0 Å². The van der Waals surface area contributed by atoms with E-state index in [0.717, 1.165) is 10.9 Å². The number of carbonyl (C=O) groups is 1. The number of carbonyl (C=O) groups excluding carboxylic acids is 1.